The normalized spacial score (nSPS) is 17.0. The molecule has 0 radical (unpaired) electrons. The maximum absolute atomic E-state index is 13.0. The fraction of sp³-hybridized carbons (Fsp3) is 0.300. The van der Waals surface area contributed by atoms with E-state index in [1.54, 1.807) is 36.4 Å². The van der Waals surface area contributed by atoms with Crippen molar-refractivity contribution in [3.05, 3.63) is 59.9 Å². The van der Waals surface area contributed by atoms with Crippen molar-refractivity contribution in [3.63, 3.8) is 0 Å². The number of halogens is 1. The van der Waals surface area contributed by atoms with Crippen molar-refractivity contribution in [2.45, 2.75) is 32.4 Å². The smallest absolute Gasteiger partial charge is 0.292 e. The lowest BCUT2D eigenvalue weighted by Gasteiger charge is -2.15. The van der Waals surface area contributed by atoms with Crippen molar-refractivity contribution in [2.75, 3.05) is 11.5 Å². The van der Waals surface area contributed by atoms with Crippen molar-refractivity contribution in [1.29, 1.82) is 0 Å². The molecule has 1 heterocycles. The summed E-state index contributed by atoms with van der Waals surface area (Å²) in [6, 6.07) is 12.7. The molecule has 1 atom stereocenters. The van der Waals surface area contributed by atoms with Crippen LogP contribution in [-0.4, -0.2) is 24.5 Å². The number of benzene rings is 2. The molecule has 2 aromatic rings. The highest BCUT2D eigenvalue weighted by molar-refractivity contribution is 6.21. The maximum atomic E-state index is 13.0. The number of imide groups is 1. The lowest BCUT2D eigenvalue weighted by Crippen LogP contribution is -2.90. The highest BCUT2D eigenvalue weighted by atomic mass is 19.1. The first-order valence-corrected chi connectivity index (χ1v) is 8.76. The summed E-state index contributed by atoms with van der Waals surface area (Å²) in [5.74, 6) is -0.00977. The van der Waals surface area contributed by atoms with Gasteiger partial charge in [0.05, 0.1) is 18.7 Å². The van der Waals surface area contributed by atoms with E-state index >= 15 is 0 Å². The van der Waals surface area contributed by atoms with E-state index in [0.717, 1.165) is 12.0 Å². The van der Waals surface area contributed by atoms with Crippen LogP contribution in [0.5, 0.6) is 5.75 Å². The molecule has 0 saturated carbocycles. The molecule has 3 rings (SSSR count). The Kier molecular flexibility index (Phi) is 5.63. The lowest BCUT2D eigenvalue weighted by atomic mass is 10.2. The van der Waals surface area contributed by atoms with E-state index < -0.39 is 6.04 Å². The quantitative estimate of drug-likeness (QED) is 0.771. The van der Waals surface area contributed by atoms with Crippen LogP contribution >= 0.6 is 0 Å². The number of hydrogen-bond acceptors (Lipinski definition) is 3. The molecule has 1 aliphatic heterocycles. The minimum Gasteiger partial charge on any atom is -0.494 e. The maximum Gasteiger partial charge on any atom is 0.292 e. The first kappa shape index (κ1) is 18.1. The van der Waals surface area contributed by atoms with Crippen LogP contribution in [0, 0.1) is 5.82 Å². The summed E-state index contributed by atoms with van der Waals surface area (Å²) in [4.78, 5) is 26.2. The average Bonchev–Trinajstić information content (AvgIpc) is 2.93. The van der Waals surface area contributed by atoms with Crippen LogP contribution < -0.4 is 15.0 Å². The number of rotatable bonds is 7. The molecule has 0 aromatic heterocycles. The number of carbonyl (C=O) groups is 2. The molecular formula is C20H22FN2O3+. The van der Waals surface area contributed by atoms with E-state index in [2.05, 4.69) is 0 Å². The molecule has 1 fully saturated rings. The van der Waals surface area contributed by atoms with Gasteiger partial charge in [0.25, 0.3) is 5.91 Å². The highest BCUT2D eigenvalue weighted by Gasteiger charge is 2.42. The number of ether oxygens (including phenoxy) is 1. The summed E-state index contributed by atoms with van der Waals surface area (Å²) in [6.07, 6.45) is 1.07. The highest BCUT2D eigenvalue weighted by Crippen LogP contribution is 2.24. The number of carbonyl (C=O) groups excluding carboxylic acids is 2. The lowest BCUT2D eigenvalue weighted by molar-refractivity contribution is -0.690. The number of quaternary nitrogens is 1. The van der Waals surface area contributed by atoms with E-state index in [-0.39, 0.29) is 24.1 Å². The van der Waals surface area contributed by atoms with Crippen LogP contribution in [0.15, 0.2) is 48.5 Å². The van der Waals surface area contributed by atoms with E-state index in [0.29, 0.717) is 24.6 Å². The molecule has 0 aliphatic carbocycles. The molecule has 0 spiro atoms. The first-order chi connectivity index (χ1) is 12.6. The molecule has 0 unspecified atom stereocenters. The number of amides is 2. The van der Waals surface area contributed by atoms with Gasteiger partial charge in [0.15, 0.2) is 6.04 Å². The minimum atomic E-state index is -0.455. The summed E-state index contributed by atoms with van der Waals surface area (Å²) in [5.41, 5.74) is 1.46. The summed E-state index contributed by atoms with van der Waals surface area (Å²) in [7, 11) is 0. The van der Waals surface area contributed by atoms with Crippen LogP contribution in [0.2, 0.25) is 0 Å². The van der Waals surface area contributed by atoms with E-state index in [4.69, 9.17) is 4.74 Å². The van der Waals surface area contributed by atoms with E-state index in [9.17, 15) is 14.0 Å². The zero-order valence-electron chi connectivity index (χ0n) is 14.7. The van der Waals surface area contributed by atoms with Gasteiger partial charge >= 0.3 is 0 Å². The van der Waals surface area contributed by atoms with Crippen molar-refractivity contribution >= 4 is 17.5 Å². The second kappa shape index (κ2) is 8.10. The topological polar surface area (TPSA) is 63.2 Å². The Morgan fingerprint density at radius 2 is 1.81 bits per heavy atom. The Hall–Kier alpha value is -2.73. The van der Waals surface area contributed by atoms with E-state index in [1.165, 1.54) is 17.0 Å². The summed E-state index contributed by atoms with van der Waals surface area (Å²) >= 11 is 0. The molecule has 0 bridgehead atoms. The number of nitrogens with zero attached hydrogens (tertiary/aromatic N) is 1. The zero-order chi connectivity index (χ0) is 18.5. The van der Waals surface area contributed by atoms with Gasteiger partial charge < -0.3 is 10.1 Å². The second-order valence-corrected chi connectivity index (χ2v) is 6.29. The Balaban J connectivity index is 1.63. The molecule has 1 aliphatic rings. The fourth-order valence-corrected chi connectivity index (χ4v) is 2.92. The SMILES string of the molecule is CCCOc1ccc(N2C(=O)C[C@@H]([NH2+]Cc3ccc(F)cc3)C2=O)cc1. The molecule has 26 heavy (non-hydrogen) atoms. The Bertz CT molecular complexity index is 775. The van der Waals surface area contributed by atoms with Crippen LogP contribution in [0.3, 0.4) is 0 Å². The van der Waals surface area contributed by atoms with Gasteiger partial charge in [-0.05, 0) is 42.8 Å². The Morgan fingerprint density at radius 3 is 2.46 bits per heavy atom. The van der Waals surface area contributed by atoms with Gasteiger partial charge in [-0.25, -0.2) is 9.29 Å². The first-order valence-electron chi connectivity index (χ1n) is 8.76. The molecule has 1 saturated heterocycles. The summed E-state index contributed by atoms with van der Waals surface area (Å²) < 4.78 is 18.5. The van der Waals surface area contributed by atoms with Gasteiger partial charge in [-0.3, -0.25) is 9.59 Å². The predicted octanol–water partition coefficient (Wildman–Crippen LogP) is 2.01. The molecule has 2 amide bonds. The average molecular weight is 357 g/mol. The minimum absolute atomic E-state index is 0.161. The predicted molar refractivity (Wildman–Crippen MR) is 95.2 cm³/mol. The number of nitrogens with two attached hydrogens (primary N) is 1. The van der Waals surface area contributed by atoms with Crippen LogP contribution in [0.1, 0.15) is 25.3 Å². The van der Waals surface area contributed by atoms with Crippen molar-refractivity contribution in [3.8, 4) is 5.75 Å². The Labute approximate surface area is 151 Å². The number of anilines is 1. The van der Waals surface area contributed by atoms with Gasteiger partial charge in [-0.15, -0.1) is 0 Å². The van der Waals surface area contributed by atoms with Gasteiger partial charge in [0, 0.05) is 5.56 Å². The zero-order valence-corrected chi connectivity index (χ0v) is 14.7. The third-order valence-electron chi connectivity index (χ3n) is 4.30. The van der Waals surface area contributed by atoms with Crippen LogP contribution in [0.25, 0.3) is 0 Å². The van der Waals surface area contributed by atoms with Crippen molar-refractivity contribution in [2.24, 2.45) is 0 Å². The van der Waals surface area contributed by atoms with Crippen molar-refractivity contribution < 1.29 is 24.0 Å². The van der Waals surface area contributed by atoms with Crippen LogP contribution in [-0.2, 0) is 16.1 Å². The monoisotopic (exact) mass is 357 g/mol. The fourth-order valence-electron chi connectivity index (χ4n) is 2.92. The number of hydrogen-bond donors (Lipinski definition) is 1. The molecule has 2 N–H and O–H groups in total. The van der Waals surface area contributed by atoms with Gasteiger partial charge in [0.1, 0.15) is 18.1 Å². The Morgan fingerprint density at radius 1 is 1.12 bits per heavy atom. The molecular weight excluding hydrogens is 335 g/mol. The molecule has 136 valence electrons. The largest absolute Gasteiger partial charge is 0.494 e. The van der Waals surface area contributed by atoms with Gasteiger partial charge in [0.2, 0.25) is 5.91 Å². The second-order valence-electron chi connectivity index (χ2n) is 6.29. The molecule has 6 heteroatoms. The van der Waals surface area contributed by atoms with Crippen molar-refractivity contribution in [1.82, 2.24) is 0 Å². The summed E-state index contributed by atoms with van der Waals surface area (Å²) in [5, 5.41) is 1.83. The molecule has 2 aromatic carbocycles. The van der Waals surface area contributed by atoms with Gasteiger partial charge in [-0.1, -0.05) is 19.1 Å². The summed E-state index contributed by atoms with van der Waals surface area (Å²) in [6.45, 7) is 3.17. The van der Waals surface area contributed by atoms with Gasteiger partial charge in [-0.2, -0.15) is 0 Å². The molecule has 5 nitrogen and oxygen atoms in total. The van der Waals surface area contributed by atoms with E-state index in [1.807, 2.05) is 12.2 Å². The third kappa shape index (κ3) is 4.08. The third-order valence-corrected chi connectivity index (χ3v) is 4.30. The standard InChI is InChI=1S/C20H21FN2O3/c1-2-11-26-17-9-7-16(8-10-17)23-19(24)12-18(20(23)25)22-13-14-3-5-15(21)6-4-14/h3-10,18,22H,2,11-13H2,1H3/p+1/t18-/m1/s1. The van der Waals surface area contributed by atoms with Crippen LogP contribution in [0.4, 0.5) is 10.1 Å².